The molecule has 5 heteroatoms. The number of nitrogens with one attached hydrogen (secondary N) is 1. The molecule has 1 aliphatic rings. The van der Waals surface area contributed by atoms with Gasteiger partial charge in [-0.1, -0.05) is 12.1 Å². The lowest BCUT2D eigenvalue weighted by molar-refractivity contribution is -0.122. The van der Waals surface area contributed by atoms with Crippen molar-refractivity contribution in [3.8, 4) is 0 Å². The Hall–Kier alpha value is -2.14. The first-order valence-electron chi connectivity index (χ1n) is 8.17. The number of carbonyl (C=O) groups is 1. The molecule has 2 heterocycles. The predicted octanol–water partition coefficient (Wildman–Crippen LogP) is 2.08. The summed E-state index contributed by atoms with van der Waals surface area (Å²) in [6.45, 7) is 6.31. The van der Waals surface area contributed by atoms with Crippen LogP contribution in [0.4, 0.5) is 5.69 Å². The first kappa shape index (κ1) is 15.7. The second kappa shape index (κ2) is 6.54. The molecule has 0 radical (unpaired) electrons. The molecule has 0 bridgehead atoms. The van der Waals surface area contributed by atoms with Gasteiger partial charge in [0.25, 0.3) is 0 Å². The average Bonchev–Trinajstić information content (AvgIpc) is 3.16. The van der Waals surface area contributed by atoms with Crippen molar-refractivity contribution in [3.05, 3.63) is 47.8 Å². The van der Waals surface area contributed by atoms with Crippen molar-refractivity contribution < 1.29 is 4.79 Å². The molecule has 5 nitrogen and oxygen atoms in total. The van der Waals surface area contributed by atoms with E-state index in [9.17, 15) is 4.79 Å². The van der Waals surface area contributed by atoms with Crippen LogP contribution in [-0.2, 0) is 11.8 Å². The molecule has 2 atom stereocenters. The Morgan fingerprint density at radius 3 is 2.91 bits per heavy atom. The quantitative estimate of drug-likeness (QED) is 0.940. The molecule has 1 amide bonds. The van der Waals surface area contributed by atoms with E-state index in [2.05, 4.69) is 29.5 Å². The molecule has 1 fully saturated rings. The highest BCUT2D eigenvalue weighted by Crippen LogP contribution is 2.30. The molecule has 1 aromatic carbocycles. The van der Waals surface area contributed by atoms with Crippen LogP contribution in [0.15, 0.2) is 36.7 Å². The molecule has 23 heavy (non-hydrogen) atoms. The van der Waals surface area contributed by atoms with E-state index in [-0.39, 0.29) is 17.7 Å². The topological polar surface area (TPSA) is 50.2 Å². The summed E-state index contributed by atoms with van der Waals surface area (Å²) in [6, 6.07) is 8.14. The fraction of sp³-hybridized carbons (Fsp3) is 0.444. The van der Waals surface area contributed by atoms with Crippen LogP contribution in [0, 0.1) is 12.8 Å². The van der Waals surface area contributed by atoms with E-state index in [1.807, 2.05) is 43.4 Å². The van der Waals surface area contributed by atoms with Crippen molar-refractivity contribution >= 4 is 11.6 Å². The van der Waals surface area contributed by atoms with Gasteiger partial charge in [-0.25, -0.2) is 0 Å². The smallest absolute Gasteiger partial charge is 0.232 e. The van der Waals surface area contributed by atoms with Crippen molar-refractivity contribution in [2.75, 3.05) is 24.5 Å². The summed E-state index contributed by atoms with van der Waals surface area (Å²) in [5.41, 5.74) is 3.28. The van der Waals surface area contributed by atoms with E-state index in [1.165, 1.54) is 5.56 Å². The zero-order chi connectivity index (χ0) is 16.4. The van der Waals surface area contributed by atoms with Crippen LogP contribution in [0.5, 0.6) is 0 Å². The van der Waals surface area contributed by atoms with Gasteiger partial charge in [0.1, 0.15) is 0 Å². The van der Waals surface area contributed by atoms with Crippen LogP contribution in [0.25, 0.3) is 0 Å². The Morgan fingerprint density at radius 1 is 1.43 bits per heavy atom. The van der Waals surface area contributed by atoms with E-state index >= 15 is 0 Å². The third-order valence-electron chi connectivity index (χ3n) is 4.58. The molecule has 3 rings (SSSR count). The van der Waals surface area contributed by atoms with Crippen LogP contribution in [-0.4, -0.2) is 35.3 Å². The number of carbonyl (C=O) groups excluding carboxylic acids is 1. The summed E-state index contributed by atoms with van der Waals surface area (Å²) in [4.78, 5) is 15.0. The zero-order valence-corrected chi connectivity index (χ0v) is 14.0. The van der Waals surface area contributed by atoms with Gasteiger partial charge in [0.2, 0.25) is 5.91 Å². The summed E-state index contributed by atoms with van der Waals surface area (Å²) in [5.74, 6) is 0.340. The number of hydrogen-bond donors (Lipinski definition) is 1. The Kier molecular flexibility index (Phi) is 4.48. The standard InChI is InChI=1S/C18H24N4O/c1-4-22(15-7-5-6-13(2)8-15)18(23)17-11-19-10-16(17)14-9-20-21(3)12-14/h5-9,12,16-17,19H,4,10-11H2,1-3H3/t16-,17+/m1/s1. The van der Waals surface area contributed by atoms with Crippen LogP contribution in [0.2, 0.25) is 0 Å². The zero-order valence-electron chi connectivity index (χ0n) is 14.0. The first-order chi connectivity index (χ1) is 11.1. The highest BCUT2D eigenvalue weighted by Gasteiger charge is 2.37. The molecular formula is C18H24N4O. The normalized spacial score (nSPS) is 20.7. The minimum Gasteiger partial charge on any atom is -0.315 e. The van der Waals surface area contributed by atoms with Gasteiger partial charge >= 0.3 is 0 Å². The first-order valence-corrected chi connectivity index (χ1v) is 8.17. The molecule has 2 aromatic rings. The maximum atomic E-state index is 13.1. The number of nitrogens with zero attached hydrogens (tertiary/aromatic N) is 3. The lowest BCUT2D eigenvalue weighted by Crippen LogP contribution is -2.38. The van der Waals surface area contributed by atoms with Crippen molar-refractivity contribution in [2.45, 2.75) is 19.8 Å². The number of aromatic nitrogens is 2. The SMILES string of the molecule is CCN(C(=O)[C@H]1CNC[C@@H]1c1cnn(C)c1)c1cccc(C)c1. The summed E-state index contributed by atoms with van der Waals surface area (Å²) >= 11 is 0. The van der Waals surface area contributed by atoms with Crippen LogP contribution in [0.3, 0.4) is 0 Å². The maximum Gasteiger partial charge on any atom is 0.232 e. The molecular weight excluding hydrogens is 288 g/mol. The Morgan fingerprint density at radius 2 is 2.26 bits per heavy atom. The van der Waals surface area contributed by atoms with E-state index in [4.69, 9.17) is 0 Å². The Balaban J connectivity index is 1.85. The number of anilines is 1. The Labute approximate surface area is 137 Å². The predicted molar refractivity (Wildman–Crippen MR) is 91.5 cm³/mol. The number of benzene rings is 1. The number of rotatable bonds is 4. The van der Waals surface area contributed by atoms with Gasteiger partial charge in [-0.05, 0) is 37.1 Å². The second-order valence-corrected chi connectivity index (χ2v) is 6.24. The lowest BCUT2D eigenvalue weighted by atomic mass is 9.89. The highest BCUT2D eigenvalue weighted by atomic mass is 16.2. The number of amides is 1. The van der Waals surface area contributed by atoms with Crippen molar-refractivity contribution in [1.82, 2.24) is 15.1 Å². The van der Waals surface area contributed by atoms with Crippen LogP contribution in [0.1, 0.15) is 24.0 Å². The largest absolute Gasteiger partial charge is 0.315 e. The molecule has 0 unspecified atom stereocenters. The average molecular weight is 312 g/mol. The molecule has 122 valence electrons. The second-order valence-electron chi connectivity index (χ2n) is 6.24. The molecule has 1 aliphatic heterocycles. The van der Waals surface area contributed by atoms with Gasteiger partial charge in [-0.15, -0.1) is 0 Å². The number of hydrogen-bond acceptors (Lipinski definition) is 3. The summed E-state index contributed by atoms with van der Waals surface area (Å²) < 4.78 is 1.80. The van der Waals surface area contributed by atoms with Crippen LogP contribution < -0.4 is 10.2 Å². The fourth-order valence-electron chi connectivity index (χ4n) is 3.38. The van der Waals surface area contributed by atoms with Crippen molar-refractivity contribution in [2.24, 2.45) is 13.0 Å². The third kappa shape index (κ3) is 3.15. The fourth-order valence-corrected chi connectivity index (χ4v) is 3.38. The monoisotopic (exact) mass is 312 g/mol. The Bertz CT molecular complexity index is 694. The van der Waals surface area contributed by atoms with Gasteiger partial charge < -0.3 is 10.2 Å². The minimum absolute atomic E-state index is 0.0420. The summed E-state index contributed by atoms with van der Waals surface area (Å²) in [7, 11) is 1.91. The van der Waals surface area contributed by atoms with Gasteiger partial charge in [0.05, 0.1) is 12.1 Å². The maximum absolute atomic E-state index is 13.1. The molecule has 1 saturated heterocycles. The molecule has 1 aromatic heterocycles. The highest BCUT2D eigenvalue weighted by molar-refractivity contribution is 5.96. The van der Waals surface area contributed by atoms with Gasteiger partial charge in [-0.2, -0.15) is 5.10 Å². The van der Waals surface area contributed by atoms with E-state index < -0.39 is 0 Å². The van der Waals surface area contributed by atoms with E-state index in [1.54, 1.807) is 4.68 Å². The van der Waals surface area contributed by atoms with E-state index in [0.717, 1.165) is 24.3 Å². The van der Waals surface area contributed by atoms with Gasteiger partial charge in [0.15, 0.2) is 0 Å². The minimum atomic E-state index is -0.0420. The van der Waals surface area contributed by atoms with Crippen LogP contribution >= 0.6 is 0 Å². The van der Waals surface area contributed by atoms with Gasteiger partial charge in [0, 0.05) is 44.5 Å². The molecule has 0 spiro atoms. The number of aryl methyl sites for hydroxylation is 2. The molecule has 0 aliphatic carbocycles. The van der Waals surface area contributed by atoms with Crippen molar-refractivity contribution in [3.63, 3.8) is 0 Å². The third-order valence-corrected chi connectivity index (χ3v) is 4.58. The summed E-state index contributed by atoms with van der Waals surface area (Å²) in [5, 5.41) is 7.62. The van der Waals surface area contributed by atoms with Crippen molar-refractivity contribution in [1.29, 1.82) is 0 Å². The molecule has 1 N–H and O–H groups in total. The van der Waals surface area contributed by atoms with Gasteiger partial charge in [-0.3, -0.25) is 9.48 Å². The molecule has 0 saturated carbocycles. The lowest BCUT2D eigenvalue weighted by Gasteiger charge is -2.27. The van der Waals surface area contributed by atoms with E-state index in [0.29, 0.717) is 6.54 Å². The summed E-state index contributed by atoms with van der Waals surface area (Å²) in [6.07, 6.45) is 3.89.